The van der Waals surface area contributed by atoms with Crippen LogP contribution in [0.15, 0.2) is 42.3 Å². The number of hydrogen-bond donors (Lipinski definition) is 3. The second kappa shape index (κ2) is 6.77. The Hall–Kier alpha value is -3.62. The van der Waals surface area contributed by atoms with Crippen molar-refractivity contribution >= 4 is 35.3 Å². The van der Waals surface area contributed by atoms with Gasteiger partial charge in [0.15, 0.2) is 5.65 Å². The van der Waals surface area contributed by atoms with Crippen LogP contribution in [0.25, 0.3) is 11.7 Å². The molecular formula is C20H21N7O2. The molecule has 2 fully saturated rings. The third kappa shape index (κ3) is 3.46. The summed E-state index contributed by atoms with van der Waals surface area (Å²) in [5.74, 6) is 1.16. The first-order valence-corrected chi connectivity index (χ1v) is 9.63. The number of nitrogens with one attached hydrogen (secondary N) is 3. The van der Waals surface area contributed by atoms with E-state index in [1.807, 2.05) is 18.2 Å². The number of nitrogens with zero attached hydrogens (tertiary/aromatic N) is 4. The molecule has 0 unspecified atom stereocenters. The van der Waals surface area contributed by atoms with Crippen LogP contribution in [0, 0.1) is 0 Å². The van der Waals surface area contributed by atoms with Crippen LogP contribution in [0.2, 0.25) is 0 Å². The predicted molar refractivity (Wildman–Crippen MR) is 109 cm³/mol. The molecule has 148 valence electrons. The van der Waals surface area contributed by atoms with Gasteiger partial charge in [0, 0.05) is 36.5 Å². The highest BCUT2D eigenvalue weighted by molar-refractivity contribution is 5.91. The van der Waals surface area contributed by atoms with Crippen molar-refractivity contribution in [3.05, 3.63) is 47.8 Å². The van der Waals surface area contributed by atoms with Gasteiger partial charge in [0.25, 0.3) is 0 Å². The zero-order chi connectivity index (χ0) is 20.0. The highest BCUT2D eigenvalue weighted by atomic mass is 16.2. The Balaban J connectivity index is 1.51. The molecule has 3 N–H and O–H groups in total. The Morgan fingerprint density at radius 2 is 2.10 bits per heavy atom. The number of anilines is 2. The summed E-state index contributed by atoms with van der Waals surface area (Å²) in [5.41, 5.74) is 2.76. The number of carbonyl (C=O) groups excluding carboxylic acids is 2. The summed E-state index contributed by atoms with van der Waals surface area (Å²) in [5, 5.41) is 13.5. The first-order valence-electron chi connectivity index (χ1n) is 9.63. The summed E-state index contributed by atoms with van der Waals surface area (Å²) in [4.78, 5) is 30.4. The molecule has 3 amide bonds. The van der Waals surface area contributed by atoms with Gasteiger partial charge >= 0.3 is 6.03 Å². The highest BCUT2D eigenvalue weighted by Crippen LogP contribution is 2.28. The van der Waals surface area contributed by atoms with E-state index in [4.69, 9.17) is 0 Å². The van der Waals surface area contributed by atoms with Crippen molar-refractivity contribution in [2.75, 3.05) is 23.7 Å². The molecule has 0 aromatic carbocycles. The number of urea groups is 1. The van der Waals surface area contributed by atoms with E-state index in [1.165, 1.54) is 0 Å². The molecule has 2 aromatic heterocycles. The van der Waals surface area contributed by atoms with Crippen LogP contribution < -0.4 is 16.0 Å². The number of fused-ring (bicyclic) bond motifs is 1. The minimum atomic E-state index is -0.192. The minimum absolute atomic E-state index is 0.0750. The van der Waals surface area contributed by atoms with Crippen molar-refractivity contribution in [2.45, 2.75) is 25.3 Å². The maximum atomic E-state index is 12.5. The number of carbonyl (C=O) groups is 2. The Bertz CT molecular complexity index is 1090. The molecule has 0 spiro atoms. The van der Waals surface area contributed by atoms with Gasteiger partial charge in [0.1, 0.15) is 11.6 Å². The van der Waals surface area contributed by atoms with E-state index in [1.54, 1.807) is 21.7 Å². The lowest BCUT2D eigenvalue weighted by atomic mass is 10.1. The monoisotopic (exact) mass is 391 g/mol. The zero-order valence-electron chi connectivity index (χ0n) is 15.8. The van der Waals surface area contributed by atoms with Gasteiger partial charge in [0.2, 0.25) is 5.91 Å². The lowest BCUT2D eigenvalue weighted by Gasteiger charge is -2.17. The van der Waals surface area contributed by atoms with Crippen molar-refractivity contribution in [3.63, 3.8) is 0 Å². The largest absolute Gasteiger partial charge is 0.367 e. The summed E-state index contributed by atoms with van der Waals surface area (Å²) in [6.45, 7) is 5.07. The Labute approximate surface area is 167 Å². The molecule has 2 aliphatic heterocycles. The molecular weight excluding hydrogens is 370 g/mol. The van der Waals surface area contributed by atoms with Crippen molar-refractivity contribution < 1.29 is 9.59 Å². The Morgan fingerprint density at radius 1 is 1.31 bits per heavy atom. The quantitative estimate of drug-likeness (QED) is 0.693. The summed E-state index contributed by atoms with van der Waals surface area (Å²) < 4.78 is 1.73. The minimum Gasteiger partial charge on any atom is -0.367 e. The molecule has 1 saturated carbocycles. The maximum Gasteiger partial charge on any atom is 0.323 e. The first kappa shape index (κ1) is 17.5. The molecule has 1 aliphatic carbocycles. The van der Waals surface area contributed by atoms with Gasteiger partial charge < -0.3 is 15.5 Å². The zero-order valence-corrected chi connectivity index (χ0v) is 15.8. The summed E-state index contributed by atoms with van der Waals surface area (Å²) in [6, 6.07) is 2.02. The van der Waals surface area contributed by atoms with E-state index >= 15 is 0 Å². The number of hydrogen-bond acceptors (Lipinski definition) is 5. The topological polar surface area (TPSA) is 104 Å². The van der Waals surface area contributed by atoms with Gasteiger partial charge in [-0.2, -0.15) is 9.61 Å². The molecule has 4 heterocycles. The summed E-state index contributed by atoms with van der Waals surface area (Å²) in [6.07, 6.45) is 9.99. The number of rotatable bonds is 4. The van der Waals surface area contributed by atoms with E-state index < -0.39 is 0 Å². The van der Waals surface area contributed by atoms with Gasteiger partial charge in [-0.15, -0.1) is 0 Å². The van der Waals surface area contributed by atoms with Gasteiger partial charge in [-0.05, 0) is 24.5 Å². The molecule has 9 heteroatoms. The maximum absolute atomic E-state index is 12.5. The van der Waals surface area contributed by atoms with E-state index in [0.29, 0.717) is 36.3 Å². The molecule has 9 nitrogen and oxygen atoms in total. The fourth-order valence-corrected chi connectivity index (χ4v) is 3.42. The Morgan fingerprint density at radius 3 is 2.79 bits per heavy atom. The predicted octanol–water partition coefficient (Wildman–Crippen LogP) is 2.12. The molecule has 5 rings (SSSR count). The van der Waals surface area contributed by atoms with Crippen LogP contribution in [0.3, 0.4) is 0 Å². The van der Waals surface area contributed by atoms with Crippen LogP contribution in [0.5, 0.6) is 0 Å². The van der Waals surface area contributed by atoms with Crippen LogP contribution >= 0.6 is 0 Å². The third-order valence-corrected chi connectivity index (χ3v) is 5.13. The number of allylic oxidation sites excluding steroid dienone is 1. The lowest BCUT2D eigenvalue weighted by Crippen LogP contribution is -2.33. The molecule has 3 aliphatic rings. The van der Waals surface area contributed by atoms with Crippen molar-refractivity contribution in [1.82, 2.24) is 24.8 Å². The lowest BCUT2D eigenvalue weighted by molar-refractivity contribution is -0.118. The van der Waals surface area contributed by atoms with Gasteiger partial charge in [-0.25, -0.2) is 9.78 Å². The van der Waals surface area contributed by atoms with Gasteiger partial charge in [-0.1, -0.05) is 18.7 Å². The molecule has 0 bridgehead atoms. The number of aromatic nitrogens is 3. The molecule has 0 radical (unpaired) electrons. The average Bonchev–Trinajstić information content (AvgIpc) is 3.07. The first-order chi connectivity index (χ1) is 14.1. The van der Waals surface area contributed by atoms with Gasteiger partial charge in [0.05, 0.1) is 12.6 Å². The standard InChI is InChI=1S/C20H21N7O2/c1-12-13(9-18(28)22-12)8-14-11-21-27-17(23-15-4-5-15)10-16(24-19(14)27)25-20(29)26-6-2-3-7-26/h2-3,8,10-11,15,23H,1,4-7,9H2,(H,22,28)(H,24,25,29)/b13-8+. The highest BCUT2D eigenvalue weighted by Gasteiger charge is 2.24. The van der Waals surface area contributed by atoms with Crippen LogP contribution in [0.4, 0.5) is 16.4 Å². The normalized spacial score (nSPS) is 20.0. The fourth-order valence-electron chi connectivity index (χ4n) is 3.42. The fraction of sp³-hybridized carbons (Fsp3) is 0.300. The van der Waals surface area contributed by atoms with Crippen molar-refractivity contribution in [1.29, 1.82) is 0 Å². The van der Waals surface area contributed by atoms with E-state index in [-0.39, 0.29) is 18.4 Å². The smallest absolute Gasteiger partial charge is 0.323 e. The molecule has 1 saturated heterocycles. The third-order valence-electron chi connectivity index (χ3n) is 5.13. The average molecular weight is 391 g/mol. The van der Waals surface area contributed by atoms with Gasteiger partial charge in [-0.3, -0.25) is 10.1 Å². The van der Waals surface area contributed by atoms with Crippen LogP contribution in [0.1, 0.15) is 24.8 Å². The van der Waals surface area contributed by atoms with Crippen LogP contribution in [-0.4, -0.2) is 50.6 Å². The summed E-state index contributed by atoms with van der Waals surface area (Å²) in [7, 11) is 0. The number of amides is 3. The molecule has 2 aromatic rings. The van der Waals surface area contributed by atoms with Crippen LogP contribution in [-0.2, 0) is 4.79 Å². The Kier molecular flexibility index (Phi) is 4.08. The van der Waals surface area contributed by atoms with E-state index in [2.05, 4.69) is 32.6 Å². The van der Waals surface area contributed by atoms with Crippen molar-refractivity contribution in [3.8, 4) is 0 Å². The molecule has 29 heavy (non-hydrogen) atoms. The van der Waals surface area contributed by atoms with E-state index in [0.717, 1.165) is 29.8 Å². The summed E-state index contributed by atoms with van der Waals surface area (Å²) >= 11 is 0. The molecule has 0 atom stereocenters. The van der Waals surface area contributed by atoms with Crippen molar-refractivity contribution in [2.24, 2.45) is 0 Å². The van der Waals surface area contributed by atoms with E-state index in [9.17, 15) is 9.59 Å². The SMILES string of the molecule is C=C1NC(=O)C/C1=C\c1cnn2c(NC3CC3)cc(NC(=O)N3CC=CC3)nc12. The second-order valence-electron chi connectivity index (χ2n) is 7.46. The second-order valence-corrected chi connectivity index (χ2v) is 7.46.